The van der Waals surface area contributed by atoms with Gasteiger partial charge in [-0.2, -0.15) is 5.26 Å². The Balaban J connectivity index is 1.13. The Morgan fingerprint density at radius 2 is 1.66 bits per heavy atom. The second-order valence-corrected chi connectivity index (χ2v) is 13.5. The van der Waals surface area contributed by atoms with E-state index in [0.717, 1.165) is 38.5 Å². The number of para-hydroxylation sites is 2. The molecule has 0 saturated heterocycles. The fraction of sp³-hybridized carbons (Fsp3) is 0.447. The van der Waals surface area contributed by atoms with Gasteiger partial charge < -0.3 is 9.80 Å². The quantitative estimate of drug-likeness (QED) is 0.366. The minimum atomic E-state index is -0.327. The van der Waals surface area contributed by atoms with Crippen LogP contribution in [0.4, 0.5) is 11.4 Å². The van der Waals surface area contributed by atoms with E-state index in [1.54, 1.807) is 5.56 Å². The smallest absolute Gasteiger partial charge is 0.0760 e. The summed E-state index contributed by atoms with van der Waals surface area (Å²) < 4.78 is 0. The Kier molecular flexibility index (Phi) is 6.03. The molecule has 0 amide bonds. The molecule has 2 heterocycles. The number of rotatable bonds is 3. The predicted molar refractivity (Wildman–Crippen MR) is 168 cm³/mol. The van der Waals surface area contributed by atoms with Gasteiger partial charge in [0, 0.05) is 47.3 Å². The number of allylic oxidation sites excluding steroid dienone is 4. The monoisotopic (exact) mass is 539 g/mol. The van der Waals surface area contributed by atoms with E-state index in [2.05, 4.69) is 114 Å². The maximum atomic E-state index is 10.2. The van der Waals surface area contributed by atoms with Crippen molar-refractivity contribution in [1.29, 1.82) is 5.26 Å². The average Bonchev–Trinajstić information content (AvgIpc) is 3.54. The van der Waals surface area contributed by atoms with E-state index in [1.165, 1.54) is 35.4 Å². The number of nitrogens with zero attached hydrogens (tertiary/aromatic N) is 3. The number of fused-ring (bicyclic) bond motifs is 6. The summed E-state index contributed by atoms with van der Waals surface area (Å²) in [6, 6.07) is 22.9. The molecular weight excluding hydrogens is 498 g/mol. The molecule has 208 valence electrons. The third kappa shape index (κ3) is 3.90. The molecule has 0 radical (unpaired) electrons. The third-order valence-electron chi connectivity index (χ3n) is 11.3. The van der Waals surface area contributed by atoms with Crippen molar-refractivity contribution >= 4 is 11.4 Å². The highest BCUT2D eigenvalue weighted by molar-refractivity contribution is 5.68. The molecule has 8 rings (SSSR count). The van der Waals surface area contributed by atoms with Gasteiger partial charge in [0.25, 0.3) is 0 Å². The molecule has 0 spiro atoms. The first kappa shape index (κ1) is 25.2. The van der Waals surface area contributed by atoms with Crippen molar-refractivity contribution in [3.05, 3.63) is 108 Å². The zero-order chi connectivity index (χ0) is 27.6. The molecule has 8 unspecified atom stereocenters. The summed E-state index contributed by atoms with van der Waals surface area (Å²) in [6.45, 7) is 2.17. The molecule has 0 saturated carbocycles. The third-order valence-corrected chi connectivity index (χ3v) is 11.3. The number of nitriles is 1. The second kappa shape index (κ2) is 9.80. The van der Waals surface area contributed by atoms with Crippen molar-refractivity contribution in [1.82, 2.24) is 0 Å². The molecule has 2 aromatic carbocycles. The molecule has 2 aliphatic heterocycles. The zero-order valence-electron chi connectivity index (χ0n) is 24.2. The number of anilines is 2. The van der Waals surface area contributed by atoms with Gasteiger partial charge in [0.2, 0.25) is 0 Å². The van der Waals surface area contributed by atoms with Crippen molar-refractivity contribution in [3.63, 3.8) is 0 Å². The van der Waals surface area contributed by atoms with Gasteiger partial charge in [0.1, 0.15) is 0 Å². The van der Waals surface area contributed by atoms with Gasteiger partial charge in [-0.05, 0) is 87.1 Å². The van der Waals surface area contributed by atoms with E-state index in [4.69, 9.17) is 0 Å². The lowest BCUT2D eigenvalue weighted by Crippen LogP contribution is -2.50. The Hall–Kier alpha value is -3.51. The molecule has 0 aromatic heterocycles. The van der Waals surface area contributed by atoms with E-state index in [-0.39, 0.29) is 5.41 Å². The minimum Gasteiger partial charge on any atom is -0.364 e. The first-order valence-electron chi connectivity index (χ1n) is 16.0. The number of hydrogen-bond acceptors (Lipinski definition) is 3. The van der Waals surface area contributed by atoms with Gasteiger partial charge in [-0.15, -0.1) is 0 Å². The average molecular weight is 540 g/mol. The van der Waals surface area contributed by atoms with E-state index in [1.807, 2.05) is 0 Å². The molecule has 4 aliphatic carbocycles. The highest BCUT2D eigenvalue weighted by atomic mass is 15.3. The lowest BCUT2D eigenvalue weighted by Gasteiger charge is -2.45. The van der Waals surface area contributed by atoms with Crippen molar-refractivity contribution in [2.75, 3.05) is 9.80 Å². The molecule has 3 nitrogen and oxygen atoms in total. The normalized spacial score (nSPS) is 36.7. The maximum Gasteiger partial charge on any atom is 0.0760 e. The molecule has 8 atom stereocenters. The standard InChI is InChI=1S/C38H41N3/c1-38(25-39)22-9-8-16-33(38)26-11-10-12-27(23-26)41-36-19-7-4-15-31(36)32-21-20-28(24-37(32)41)40-34-17-5-2-13-29(34)30-14-3-6-18-35(30)40/h2,4-7,10-11,13,15-21,26-28,30,32,35,37H,3,8-9,12,14,22-24H2,1H3. The van der Waals surface area contributed by atoms with Crippen LogP contribution in [0, 0.1) is 22.7 Å². The zero-order valence-corrected chi connectivity index (χ0v) is 24.2. The molecule has 3 heteroatoms. The van der Waals surface area contributed by atoms with Crippen LogP contribution in [0.15, 0.2) is 96.6 Å². The van der Waals surface area contributed by atoms with Crippen molar-refractivity contribution in [2.45, 2.75) is 94.3 Å². The van der Waals surface area contributed by atoms with Crippen LogP contribution in [0.5, 0.6) is 0 Å². The summed E-state index contributed by atoms with van der Waals surface area (Å²) in [7, 11) is 0. The SMILES string of the molecule is CC1(C#N)CCCC=C1C1C=CCC(N2c3ccccc3C3C=CC(N4c5ccccc5C5CCC=CC54)CC32)C1. The molecule has 0 bridgehead atoms. The molecule has 2 aromatic rings. The van der Waals surface area contributed by atoms with Crippen molar-refractivity contribution in [2.24, 2.45) is 11.3 Å². The van der Waals surface area contributed by atoms with Gasteiger partial charge in [-0.25, -0.2) is 0 Å². The van der Waals surface area contributed by atoms with Crippen LogP contribution in [0.25, 0.3) is 0 Å². The summed E-state index contributed by atoms with van der Waals surface area (Å²) >= 11 is 0. The molecule has 41 heavy (non-hydrogen) atoms. The highest BCUT2D eigenvalue weighted by Crippen LogP contribution is 2.53. The summed E-state index contributed by atoms with van der Waals surface area (Å²) in [4.78, 5) is 5.59. The largest absolute Gasteiger partial charge is 0.364 e. The van der Waals surface area contributed by atoms with Crippen LogP contribution in [-0.4, -0.2) is 24.2 Å². The summed E-state index contributed by atoms with van der Waals surface area (Å²) in [5, 5.41) is 10.2. The van der Waals surface area contributed by atoms with Crippen LogP contribution in [-0.2, 0) is 0 Å². The van der Waals surface area contributed by atoms with Crippen molar-refractivity contribution in [3.8, 4) is 6.07 Å². The maximum absolute atomic E-state index is 10.2. The van der Waals surface area contributed by atoms with Crippen LogP contribution in [0.2, 0.25) is 0 Å². The lowest BCUT2D eigenvalue weighted by molar-refractivity contribution is 0.358. The van der Waals surface area contributed by atoms with Crippen LogP contribution in [0.1, 0.15) is 81.3 Å². The fourth-order valence-electron chi connectivity index (χ4n) is 9.43. The first-order valence-corrected chi connectivity index (χ1v) is 16.0. The van der Waals surface area contributed by atoms with Crippen LogP contribution >= 0.6 is 0 Å². The van der Waals surface area contributed by atoms with Gasteiger partial charge in [-0.3, -0.25) is 0 Å². The fourth-order valence-corrected chi connectivity index (χ4v) is 9.43. The molecule has 6 aliphatic rings. The van der Waals surface area contributed by atoms with Gasteiger partial charge in [0.05, 0.1) is 17.5 Å². The van der Waals surface area contributed by atoms with E-state index in [0.29, 0.717) is 41.9 Å². The number of benzene rings is 2. The summed E-state index contributed by atoms with van der Waals surface area (Å²) in [6.07, 6.45) is 26.2. The lowest BCUT2D eigenvalue weighted by atomic mass is 9.67. The second-order valence-electron chi connectivity index (χ2n) is 13.5. The van der Waals surface area contributed by atoms with E-state index in [9.17, 15) is 5.26 Å². The Morgan fingerprint density at radius 1 is 0.854 bits per heavy atom. The predicted octanol–water partition coefficient (Wildman–Crippen LogP) is 8.58. The van der Waals surface area contributed by atoms with E-state index >= 15 is 0 Å². The summed E-state index contributed by atoms with van der Waals surface area (Å²) in [5.41, 5.74) is 6.97. The Morgan fingerprint density at radius 3 is 2.51 bits per heavy atom. The van der Waals surface area contributed by atoms with Gasteiger partial charge >= 0.3 is 0 Å². The van der Waals surface area contributed by atoms with Gasteiger partial charge in [-0.1, -0.05) is 78.9 Å². The van der Waals surface area contributed by atoms with Crippen molar-refractivity contribution < 1.29 is 0 Å². The van der Waals surface area contributed by atoms with Gasteiger partial charge in [0.15, 0.2) is 0 Å². The van der Waals surface area contributed by atoms with E-state index < -0.39 is 0 Å². The molecule has 0 fully saturated rings. The van der Waals surface area contributed by atoms with Crippen LogP contribution < -0.4 is 9.80 Å². The number of hydrogen-bond donors (Lipinski definition) is 0. The molecule has 0 N–H and O–H groups in total. The molecular formula is C38H41N3. The summed E-state index contributed by atoms with van der Waals surface area (Å²) in [5.74, 6) is 1.42. The highest BCUT2D eigenvalue weighted by Gasteiger charge is 2.48. The topological polar surface area (TPSA) is 30.3 Å². The Bertz CT molecular complexity index is 1510. The first-order chi connectivity index (χ1) is 20.2. The van der Waals surface area contributed by atoms with Crippen LogP contribution in [0.3, 0.4) is 0 Å². The Labute approximate surface area is 245 Å². The minimum absolute atomic E-state index is 0.327.